The number of aromatic carboxylic acids is 1. The summed E-state index contributed by atoms with van der Waals surface area (Å²) in [4.78, 5) is 63.1. The lowest BCUT2D eigenvalue weighted by molar-refractivity contribution is -0.432. The fourth-order valence-electron chi connectivity index (χ4n) is 6.61. The van der Waals surface area contributed by atoms with Gasteiger partial charge < -0.3 is 60.0 Å². The molecule has 27 nitrogen and oxygen atoms in total. The maximum Gasteiger partial charge on any atom is 0.336 e. The molecule has 1 aliphatic carbocycles. The minimum Gasteiger partial charge on any atom is -0.491 e. The fraction of sp³-hybridized carbons (Fsp3) is 0.302. The van der Waals surface area contributed by atoms with Crippen LogP contribution in [0.3, 0.4) is 0 Å². The third kappa shape index (κ3) is 15.8. The van der Waals surface area contributed by atoms with Crippen LogP contribution in [0.5, 0.6) is 5.75 Å². The summed E-state index contributed by atoms with van der Waals surface area (Å²) in [6, 6.07) is 15.0. The van der Waals surface area contributed by atoms with E-state index in [1.165, 1.54) is 42.5 Å². The summed E-state index contributed by atoms with van der Waals surface area (Å²) in [5.41, 5.74) is 14.4. The first-order chi connectivity index (χ1) is 34.5. The van der Waals surface area contributed by atoms with Gasteiger partial charge >= 0.3 is 11.9 Å². The molecular weight excluding hydrogens is 997 g/mol. The van der Waals surface area contributed by atoms with E-state index in [9.17, 15) is 42.0 Å². The highest BCUT2D eigenvalue weighted by Gasteiger charge is 2.30. The second kappa shape index (κ2) is 27.3. The van der Waals surface area contributed by atoms with E-state index in [0.717, 1.165) is 6.07 Å². The lowest BCUT2D eigenvalue weighted by atomic mass is 9.89. The molecule has 0 spiro atoms. The average Bonchev–Trinajstić information content (AvgIpc) is 3.34. The highest BCUT2D eigenvalue weighted by Crippen LogP contribution is 2.47. The van der Waals surface area contributed by atoms with Gasteiger partial charge in [0, 0.05) is 58.6 Å². The van der Waals surface area contributed by atoms with Crippen LogP contribution in [0.15, 0.2) is 86.1 Å². The lowest BCUT2D eigenvalue weighted by Crippen LogP contribution is -2.35. The maximum absolute atomic E-state index is 13.4. The van der Waals surface area contributed by atoms with E-state index in [4.69, 9.17) is 55.1 Å². The number of benzene rings is 4. The predicted octanol–water partition coefficient (Wildman–Crippen LogP) is 3.47. The van der Waals surface area contributed by atoms with Gasteiger partial charge in [-0.1, -0.05) is 16.2 Å². The van der Waals surface area contributed by atoms with Crippen molar-refractivity contribution in [1.29, 1.82) is 5.41 Å². The summed E-state index contributed by atoms with van der Waals surface area (Å²) >= 11 is 0.355. The number of carbonyl (C=O) groups is 5. The zero-order valence-corrected chi connectivity index (χ0v) is 39.2. The highest BCUT2D eigenvalue weighted by atomic mass is 32.2. The van der Waals surface area contributed by atoms with Crippen molar-refractivity contribution < 1.29 is 89.9 Å². The number of ether oxygens (including phenoxy) is 5. The van der Waals surface area contributed by atoms with Crippen molar-refractivity contribution in [3.8, 4) is 28.2 Å². The van der Waals surface area contributed by atoms with Gasteiger partial charge in [0.05, 0.1) is 68.3 Å². The highest BCUT2D eigenvalue weighted by molar-refractivity contribution is 7.95. The molecule has 10 N–H and O–H groups in total. The number of hydrogen-bond acceptors (Lipinski definition) is 20. The number of azide groups is 1. The van der Waals surface area contributed by atoms with Crippen molar-refractivity contribution >= 4 is 68.5 Å². The lowest BCUT2D eigenvalue weighted by Gasteiger charge is -2.20. The number of nitrogens with one attached hydrogen (secondary N) is 4. The third-order valence-corrected chi connectivity index (χ3v) is 11.4. The van der Waals surface area contributed by atoms with Crippen molar-refractivity contribution in [2.24, 2.45) is 5.11 Å². The van der Waals surface area contributed by atoms with E-state index >= 15 is 0 Å². The van der Waals surface area contributed by atoms with E-state index in [2.05, 4.69) is 35.3 Å². The molecule has 0 saturated carbocycles. The Hall–Kier alpha value is -7.41. The fourth-order valence-corrected chi connectivity index (χ4v) is 7.83. The van der Waals surface area contributed by atoms with Crippen LogP contribution in [0, 0.1) is 5.41 Å². The van der Waals surface area contributed by atoms with Crippen molar-refractivity contribution in [2.45, 2.75) is 22.4 Å². The summed E-state index contributed by atoms with van der Waals surface area (Å²) in [6.45, 7) is -0.275. The van der Waals surface area contributed by atoms with Gasteiger partial charge in [0.1, 0.15) is 23.9 Å². The molecule has 0 fully saturated rings. The molecule has 3 aromatic rings. The Labute approximate surface area is 411 Å². The zero-order valence-electron chi connectivity index (χ0n) is 37.6. The van der Waals surface area contributed by atoms with E-state index in [0.29, 0.717) is 12.0 Å². The van der Waals surface area contributed by atoms with E-state index in [-0.39, 0.29) is 139 Å². The van der Waals surface area contributed by atoms with Gasteiger partial charge in [-0.15, -0.1) is 4.33 Å². The van der Waals surface area contributed by atoms with Crippen molar-refractivity contribution in [1.82, 2.24) is 16.0 Å². The van der Waals surface area contributed by atoms with Crippen LogP contribution < -0.4 is 31.8 Å². The smallest absolute Gasteiger partial charge is 0.336 e. The second-order valence-electron chi connectivity index (χ2n) is 14.6. The molecule has 29 heteroatoms. The molecule has 0 saturated heterocycles. The van der Waals surface area contributed by atoms with Crippen molar-refractivity contribution in [3.05, 3.63) is 99.2 Å². The van der Waals surface area contributed by atoms with Gasteiger partial charge in [0.15, 0.2) is 22.5 Å². The molecule has 5 rings (SSSR count). The number of aliphatic carboxylic acids is 1. The standard InChI is InChI=1S/C43H46N8O19S2/c44-31-8-6-28-36(29-7-9-32(45)40(72(60,61)62)38(29)68-37(28)39(31)71-70-69-59)30-21-25(4-5-27(30)43(57)58)42(56)49-13-15-64-17-16-63-14-10-33(52)47-11-12-48-41(55)24-2-1-3-26(20-24)67-22-34(50-51-46)66-19-18-65-23-35(53)54/h1-9,20-21,34,45,59H,10-19,22-23,44H2,(H,47,52)(H,48,55)(H,49,56)(H,53,54)(H,57,58)(H,60,61,62). The monoisotopic (exact) mass is 1040 g/mol. The zero-order chi connectivity index (χ0) is 52.2. The molecule has 2 aliphatic rings. The predicted molar refractivity (Wildman–Crippen MR) is 249 cm³/mol. The molecule has 0 aromatic heterocycles. The number of nitrogens with zero attached hydrogens (tertiary/aromatic N) is 3. The third-order valence-electron chi connectivity index (χ3n) is 9.73. The van der Waals surface area contributed by atoms with Gasteiger partial charge in [0.2, 0.25) is 5.91 Å². The number of rotatable bonds is 30. The van der Waals surface area contributed by atoms with Gasteiger partial charge in [-0.2, -0.15) is 8.42 Å². The van der Waals surface area contributed by atoms with Crippen molar-refractivity contribution in [3.63, 3.8) is 0 Å². The molecule has 72 heavy (non-hydrogen) atoms. The number of carboxylic acid groups (broad SMARTS) is 2. The Balaban J connectivity index is 1.06. The van der Waals surface area contributed by atoms with Gasteiger partial charge in [-0.3, -0.25) is 24.3 Å². The van der Waals surface area contributed by atoms with Crippen LogP contribution in [0.4, 0.5) is 5.69 Å². The van der Waals surface area contributed by atoms with Crippen LogP contribution in [-0.4, -0.2) is 137 Å². The number of amides is 3. The average molecular weight is 1040 g/mol. The van der Waals surface area contributed by atoms with Crippen LogP contribution >= 0.6 is 12.0 Å². The molecular formula is C43H46N8O19S2. The minimum absolute atomic E-state index is 0.00497. The Bertz CT molecular complexity index is 2950. The summed E-state index contributed by atoms with van der Waals surface area (Å²) < 4.78 is 72.5. The number of nitrogens with two attached hydrogens (primary N) is 1. The molecule has 1 unspecified atom stereocenters. The van der Waals surface area contributed by atoms with E-state index in [1.807, 2.05) is 0 Å². The van der Waals surface area contributed by atoms with E-state index in [1.54, 1.807) is 18.2 Å². The van der Waals surface area contributed by atoms with Gasteiger partial charge in [-0.25, -0.2) is 14.8 Å². The first-order valence-corrected chi connectivity index (χ1v) is 23.3. The number of carboxylic acids is 2. The number of fused-ring (bicyclic) bond motifs is 2. The summed E-state index contributed by atoms with van der Waals surface area (Å²) in [5.74, 6) is -4.27. The SMILES string of the molecule is [N-]=[N+]=NC(COc1cccc(C(=O)NCCNC(=O)CCOCCOCCNC(=O)c2ccc(C(=O)O)c(-c3c4ccc(=N)c(S(=O)(=O)O)c-4oc4c(SOOO)c(N)ccc34)c2)c1)OCCOCC(=O)O. The molecule has 3 amide bonds. The normalized spacial score (nSPS) is 11.7. The summed E-state index contributed by atoms with van der Waals surface area (Å²) in [7, 11) is -5.12. The van der Waals surface area contributed by atoms with Crippen LogP contribution in [-0.2, 0) is 48.0 Å². The largest absolute Gasteiger partial charge is 0.491 e. The number of carbonyl (C=O) groups excluding carboxylic acids is 3. The molecule has 1 aliphatic heterocycles. The first kappa shape index (κ1) is 55.5. The summed E-state index contributed by atoms with van der Waals surface area (Å²) in [6.07, 6.45) is -1.03. The Morgan fingerprint density at radius 2 is 1.56 bits per heavy atom. The minimum atomic E-state index is -5.12. The molecule has 384 valence electrons. The number of hydrogen-bond donors (Lipinski definition) is 9. The molecule has 1 heterocycles. The Morgan fingerprint density at radius 1 is 0.847 bits per heavy atom. The van der Waals surface area contributed by atoms with E-state index < -0.39 is 62.7 Å². The summed E-state index contributed by atoms with van der Waals surface area (Å²) in [5, 5.41) is 50.5. The molecule has 0 radical (unpaired) electrons. The van der Waals surface area contributed by atoms with Crippen molar-refractivity contribution in [2.75, 3.05) is 78.2 Å². The Kier molecular flexibility index (Phi) is 21.0. The molecule has 0 bridgehead atoms. The van der Waals surface area contributed by atoms with Crippen LogP contribution in [0.1, 0.15) is 37.5 Å². The Morgan fingerprint density at radius 3 is 2.26 bits per heavy atom. The molecule has 3 aromatic carbocycles. The first-order valence-electron chi connectivity index (χ1n) is 21.1. The van der Waals surface area contributed by atoms with Gasteiger partial charge in [0.25, 0.3) is 21.9 Å². The quantitative estimate of drug-likeness (QED) is 0.00304. The van der Waals surface area contributed by atoms with Crippen LogP contribution in [0.2, 0.25) is 0 Å². The van der Waals surface area contributed by atoms with Crippen LogP contribution in [0.25, 0.3) is 43.9 Å². The topological polar surface area (TPSA) is 413 Å². The number of nitrogen functional groups attached to an aromatic ring is 1. The maximum atomic E-state index is 13.4. The van der Waals surface area contributed by atoms with Gasteiger partial charge in [-0.05, 0) is 71.8 Å². The molecule has 1 atom stereocenters. The second-order valence-corrected chi connectivity index (χ2v) is 16.6. The number of anilines is 1.